The van der Waals surface area contributed by atoms with E-state index in [1.54, 1.807) is 16.0 Å². The van der Waals surface area contributed by atoms with E-state index in [1.807, 2.05) is 6.92 Å². The van der Waals surface area contributed by atoms with E-state index >= 15 is 0 Å². The molecule has 1 atom stereocenters. The molecule has 0 N–H and O–H groups in total. The molecule has 3 aliphatic rings. The van der Waals surface area contributed by atoms with Gasteiger partial charge in [-0.1, -0.05) is 0 Å². The third-order valence-electron chi connectivity index (χ3n) is 6.60. The maximum Gasteiger partial charge on any atom is 0.341 e. The highest BCUT2D eigenvalue weighted by Crippen LogP contribution is 2.30. The molecule has 5 rings (SSSR count). The first-order valence-corrected chi connectivity index (χ1v) is 12.1. The summed E-state index contributed by atoms with van der Waals surface area (Å²) in [4.78, 5) is 38.9. The number of hydrogen-bond donors (Lipinski definition) is 0. The highest BCUT2D eigenvalue weighted by molar-refractivity contribution is 5.93. The molecule has 2 saturated heterocycles. The molecule has 2 fully saturated rings. The summed E-state index contributed by atoms with van der Waals surface area (Å²) in [6.07, 6.45) is 2.82. The molecule has 0 bridgehead atoms. The van der Waals surface area contributed by atoms with Crippen LogP contribution in [0.5, 0.6) is 0 Å². The van der Waals surface area contributed by atoms with Crippen molar-refractivity contribution >= 4 is 24.1 Å². The SMILES string of the molecule is CCOC1CN(C(=O)c2nc(N3CCN(C(=O)N4N=CC[C@H]4c4cc(F)cc(F)c4)CC3)ncc2F)C1. The normalized spacial score (nSPS) is 19.9. The van der Waals surface area contributed by atoms with Gasteiger partial charge >= 0.3 is 6.03 Å². The van der Waals surface area contributed by atoms with Crippen molar-refractivity contribution in [2.75, 3.05) is 50.8 Å². The van der Waals surface area contributed by atoms with Crippen LogP contribution >= 0.6 is 0 Å². The fraction of sp³-hybridized carbons (Fsp3) is 0.458. The molecule has 0 spiro atoms. The van der Waals surface area contributed by atoms with Crippen molar-refractivity contribution in [2.45, 2.75) is 25.5 Å². The van der Waals surface area contributed by atoms with E-state index in [4.69, 9.17) is 4.74 Å². The molecule has 1 aromatic carbocycles. The van der Waals surface area contributed by atoms with E-state index in [2.05, 4.69) is 15.1 Å². The number of carbonyl (C=O) groups is 2. The molecule has 37 heavy (non-hydrogen) atoms. The van der Waals surface area contributed by atoms with Gasteiger partial charge < -0.3 is 19.4 Å². The van der Waals surface area contributed by atoms with Crippen LogP contribution in [-0.4, -0.2) is 94.9 Å². The third-order valence-corrected chi connectivity index (χ3v) is 6.60. The summed E-state index contributed by atoms with van der Waals surface area (Å²) in [6.45, 7) is 4.46. The molecular formula is C24H26F3N7O3. The first-order chi connectivity index (χ1) is 17.8. The number of hydrazone groups is 1. The van der Waals surface area contributed by atoms with Crippen LogP contribution in [0.1, 0.15) is 35.4 Å². The zero-order valence-electron chi connectivity index (χ0n) is 20.2. The van der Waals surface area contributed by atoms with Crippen LogP contribution in [0.2, 0.25) is 0 Å². The van der Waals surface area contributed by atoms with Gasteiger partial charge in [-0.3, -0.25) is 4.79 Å². The minimum atomic E-state index is -0.797. The molecule has 2 aromatic rings. The van der Waals surface area contributed by atoms with Crippen molar-refractivity contribution in [1.29, 1.82) is 0 Å². The van der Waals surface area contributed by atoms with Gasteiger partial charge in [0, 0.05) is 64.6 Å². The van der Waals surface area contributed by atoms with E-state index in [1.165, 1.54) is 22.0 Å². The standard InChI is InChI=1S/C24H26F3N7O3/c1-2-37-18-13-33(14-18)22(35)21-19(27)12-28-23(30-21)31-5-7-32(8-6-31)24(36)34-20(3-4-29-34)15-9-16(25)11-17(26)10-15/h4,9-12,18,20H,2-3,5-8,13-14H2,1H3/t20-/m0/s1. The van der Waals surface area contributed by atoms with Gasteiger partial charge in [-0.2, -0.15) is 5.10 Å². The number of urea groups is 1. The molecule has 1 aromatic heterocycles. The second-order valence-electron chi connectivity index (χ2n) is 9.01. The summed E-state index contributed by atoms with van der Waals surface area (Å²) < 4.78 is 47.3. The van der Waals surface area contributed by atoms with Crippen molar-refractivity contribution < 1.29 is 27.5 Å². The number of amides is 3. The van der Waals surface area contributed by atoms with E-state index in [9.17, 15) is 22.8 Å². The Hall–Kier alpha value is -3.74. The molecule has 0 radical (unpaired) electrons. The van der Waals surface area contributed by atoms with Gasteiger partial charge in [-0.25, -0.2) is 32.9 Å². The molecule has 196 valence electrons. The monoisotopic (exact) mass is 517 g/mol. The number of likely N-dealkylation sites (tertiary alicyclic amines) is 1. The van der Waals surface area contributed by atoms with Crippen molar-refractivity contribution in [3.63, 3.8) is 0 Å². The molecule has 10 nitrogen and oxygen atoms in total. The predicted octanol–water partition coefficient (Wildman–Crippen LogP) is 2.43. The van der Waals surface area contributed by atoms with E-state index < -0.39 is 29.4 Å². The number of rotatable bonds is 5. The fourth-order valence-electron chi connectivity index (χ4n) is 4.64. The molecule has 0 saturated carbocycles. The Balaban J connectivity index is 1.21. The fourth-order valence-corrected chi connectivity index (χ4v) is 4.64. The zero-order valence-corrected chi connectivity index (χ0v) is 20.2. The Morgan fingerprint density at radius 1 is 1.03 bits per heavy atom. The maximum atomic E-state index is 14.4. The molecule has 4 heterocycles. The van der Waals surface area contributed by atoms with Crippen molar-refractivity contribution in [2.24, 2.45) is 5.10 Å². The number of ether oxygens (including phenoxy) is 1. The Morgan fingerprint density at radius 3 is 2.41 bits per heavy atom. The highest BCUT2D eigenvalue weighted by atomic mass is 19.1. The lowest BCUT2D eigenvalue weighted by Gasteiger charge is -2.39. The van der Waals surface area contributed by atoms with Crippen LogP contribution in [-0.2, 0) is 4.74 Å². The summed E-state index contributed by atoms with van der Waals surface area (Å²) in [5.74, 6) is -2.55. The summed E-state index contributed by atoms with van der Waals surface area (Å²) in [7, 11) is 0. The summed E-state index contributed by atoms with van der Waals surface area (Å²) >= 11 is 0. The molecule has 0 unspecified atom stereocenters. The zero-order chi connectivity index (χ0) is 26.1. The van der Waals surface area contributed by atoms with E-state index in [0.717, 1.165) is 12.3 Å². The van der Waals surface area contributed by atoms with Crippen LogP contribution in [0.25, 0.3) is 0 Å². The minimum absolute atomic E-state index is 0.0524. The summed E-state index contributed by atoms with van der Waals surface area (Å²) in [5, 5.41) is 5.37. The second kappa shape index (κ2) is 10.3. The Bertz CT molecular complexity index is 1200. The quantitative estimate of drug-likeness (QED) is 0.605. The average molecular weight is 518 g/mol. The first kappa shape index (κ1) is 24.9. The smallest absolute Gasteiger partial charge is 0.341 e. The van der Waals surface area contributed by atoms with Crippen LogP contribution in [0.3, 0.4) is 0 Å². The number of carbonyl (C=O) groups excluding carboxylic acids is 2. The number of piperazine rings is 1. The number of anilines is 1. The topological polar surface area (TPSA) is 94.5 Å². The van der Waals surface area contributed by atoms with Crippen LogP contribution in [0, 0.1) is 17.5 Å². The van der Waals surface area contributed by atoms with Crippen molar-refractivity contribution in [3.8, 4) is 0 Å². The number of benzene rings is 1. The van der Waals surface area contributed by atoms with E-state index in [0.29, 0.717) is 57.9 Å². The molecule has 0 aliphatic carbocycles. The van der Waals surface area contributed by atoms with Crippen LogP contribution in [0.4, 0.5) is 23.9 Å². The van der Waals surface area contributed by atoms with Crippen molar-refractivity contribution in [1.82, 2.24) is 24.8 Å². The van der Waals surface area contributed by atoms with Gasteiger partial charge in [0.25, 0.3) is 5.91 Å². The molecule has 13 heteroatoms. The van der Waals surface area contributed by atoms with Gasteiger partial charge in [0.2, 0.25) is 5.95 Å². The summed E-state index contributed by atoms with van der Waals surface area (Å²) in [5.41, 5.74) is 0.0312. The minimum Gasteiger partial charge on any atom is -0.375 e. The average Bonchev–Trinajstić information content (AvgIpc) is 3.35. The third kappa shape index (κ3) is 5.08. The lowest BCUT2D eigenvalue weighted by Crippen LogP contribution is -2.55. The lowest BCUT2D eigenvalue weighted by molar-refractivity contribution is -0.0382. The molecule has 3 amide bonds. The highest BCUT2D eigenvalue weighted by Gasteiger charge is 2.36. The molecular weight excluding hydrogens is 491 g/mol. The second-order valence-corrected chi connectivity index (χ2v) is 9.01. The number of hydrogen-bond acceptors (Lipinski definition) is 7. The Kier molecular flexibility index (Phi) is 6.96. The van der Waals surface area contributed by atoms with Crippen LogP contribution < -0.4 is 4.90 Å². The summed E-state index contributed by atoms with van der Waals surface area (Å²) in [6, 6.07) is 2.18. The molecule has 3 aliphatic heterocycles. The number of halogens is 3. The van der Waals surface area contributed by atoms with Gasteiger partial charge in [-0.15, -0.1) is 0 Å². The predicted molar refractivity (Wildman–Crippen MR) is 127 cm³/mol. The van der Waals surface area contributed by atoms with Gasteiger partial charge in [0.15, 0.2) is 11.5 Å². The van der Waals surface area contributed by atoms with Crippen LogP contribution in [0.15, 0.2) is 29.5 Å². The number of nitrogens with zero attached hydrogens (tertiary/aromatic N) is 7. The lowest BCUT2D eigenvalue weighted by atomic mass is 10.0. The number of aromatic nitrogens is 2. The van der Waals surface area contributed by atoms with E-state index in [-0.39, 0.29) is 23.8 Å². The largest absolute Gasteiger partial charge is 0.375 e. The Morgan fingerprint density at radius 2 is 1.73 bits per heavy atom. The van der Waals surface area contributed by atoms with Crippen molar-refractivity contribution in [3.05, 3.63) is 53.1 Å². The van der Waals surface area contributed by atoms with Gasteiger partial charge in [0.1, 0.15) is 11.6 Å². The Labute approximate surface area is 211 Å². The van der Waals surface area contributed by atoms with Gasteiger partial charge in [0.05, 0.1) is 18.3 Å². The maximum absolute atomic E-state index is 14.4. The van der Waals surface area contributed by atoms with Gasteiger partial charge in [-0.05, 0) is 24.6 Å². The first-order valence-electron chi connectivity index (χ1n) is 12.1.